The van der Waals surface area contributed by atoms with Crippen LogP contribution in [0.5, 0.6) is 0 Å². The van der Waals surface area contributed by atoms with E-state index in [1.165, 1.54) is 4.88 Å². The summed E-state index contributed by atoms with van der Waals surface area (Å²) in [7, 11) is 1.84. The smallest absolute Gasteiger partial charge is 0.320 e. The molecule has 0 bridgehead atoms. The van der Waals surface area contributed by atoms with E-state index in [-0.39, 0.29) is 0 Å². The zero-order valence-corrected chi connectivity index (χ0v) is 11.1. The molecule has 15 heavy (non-hydrogen) atoms. The van der Waals surface area contributed by atoms with Crippen LogP contribution in [0.1, 0.15) is 18.2 Å². The maximum atomic E-state index is 10.9. The highest BCUT2D eigenvalue weighted by atomic mass is 79.9. The highest BCUT2D eigenvalue weighted by Crippen LogP contribution is 2.23. The average molecular weight is 292 g/mol. The first kappa shape index (κ1) is 12.7. The first-order valence-electron chi connectivity index (χ1n) is 4.71. The van der Waals surface area contributed by atoms with E-state index >= 15 is 0 Å². The summed E-state index contributed by atoms with van der Waals surface area (Å²) in [6.07, 6.45) is 0.623. The van der Waals surface area contributed by atoms with Crippen LogP contribution in [0.3, 0.4) is 0 Å². The molecular formula is C10H14BrNO2S. The van der Waals surface area contributed by atoms with Gasteiger partial charge in [0.15, 0.2) is 0 Å². The van der Waals surface area contributed by atoms with Gasteiger partial charge in [-0.15, -0.1) is 11.3 Å². The maximum absolute atomic E-state index is 10.9. The highest BCUT2D eigenvalue weighted by molar-refractivity contribution is 9.11. The molecule has 0 saturated heterocycles. The van der Waals surface area contributed by atoms with E-state index in [0.717, 1.165) is 3.79 Å². The number of halogens is 1. The van der Waals surface area contributed by atoms with Gasteiger partial charge in [0.25, 0.3) is 0 Å². The fourth-order valence-corrected chi connectivity index (χ4v) is 3.01. The van der Waals surface area contributed by atoms with Crippen LogP contribution in [0.2, 0.25) is 0 Å². The second-order valence-corrected chi connectivity index (χ2v) is 5.93. The molecule has 1 aromatic rings. The van der Waals surface area contributed by atoms with Crippen molar-refractivity contribution in [2.24, 2.45) is 0 Å². The molecule has 3 nitrogen and oxygen atoms in total. The largest absolute Gasteiger partial charge is 0.480 e. The molecule has 1 N–H and O–H groups in total. The lowest BCUT2D eigenvalue weighted by Gasteiger charge is -2.22. The minimum atomic E-state index is -0.754. The van der Waals surface area contributed by atoms with Crippen molar-refractivity contribution >= 4 is 33.2 Å². The van der Waals surface area contributed by atoms with Crippen LogP contribution in [0.25, 0.3) is 0 Å². The summed E-state index contributed by atoms with van der Waals surface area (Å²) in [5.41, 5.74) is 0. The summed E-state index contributed by atoms with van der Waals surface area (Å²) < 4.78 is 1.08. The van der Waals surface area contributed by atoms with Crippen molar-refractivity contribution in [3.05, 3.63) is 20.8 Å². The predicted octanol–water partition coefficient (Wildman–Crippen LogP) is 2.81. The lowest BCUT2D eigenvalue weighted by molar-refractivity contribution is -0.143. The van der Waals surface area contributed by atoms with Crippen molar-refractivity contribution in [2.75, 3.05) is 7.05 Å². The van der Waals surface area contributed by atoms with Crippen LogP contribution >= 0.6 is 27.3 Å². The molecule has 0 aromatic carbocycles. The Morgan fingerprint density at radius 3 is 2.73 bits per heavy atom. The first-order valence-corrected chi connectivity index (χ1v) is 6.32. The molecule has 1 unspecified atom stereocenters. The van der Waals surface area contributed by atoms with E-state index in [0.29, 0.717) is 13.0 Å². The van der Waals surface area contributed by atoms with E-state index in [2.05, 4.69) is 15.9 Å². The maximum Gasteiger partial charge on any atom is 0.320 e. The van der Waals surface area contributed by atoms with Gasteiger partial charge in [0.1, 0.15) is 6.04 Å². The van der Waals surface area contributed by atoms with Crippen molar-refractivity contribution < 1.29 is 9.90 Å². The summed E-state index contributed by atoms with van der Waals surface area (Å²) in [4.78, 5) is 14.0. The number of carboxylic acid groups (broad SMARTS) is 1. The van der Waals surface area contributed by atoms with Gasteiger partial charge in [-0.1, -0.05) is 6.92 Å². The monoisotopic (exact) mass is 291 g/mol. The summed E-state index contributed by atoms with van der Waals surface area (Å²) >= 11 is 5.03. The Kier molecular flexibility index (Phi) is 4.76. The third-order valence-electron chi connectivity index (χ3n) is 2.24. The predicted molar refractivity (Wildman–Crippen MR) is 65.2 cm³/mol. The molecule has 0 radical (unpaired) electrons. The zero-order valence-electron chi connectivity index (χ0n) is 8.74. The van der Waals surface area contributed by atoms with Crippen molar-refractivity contribution in [1.82, 2.24) is 4.90 Å². The Hall–Kier alpha value is -0.390. The van der Waals surface area contributed by atoms with Gasteiger partial charge in [0, 0.05) is 11.4 Å². The van der Waals surface area contributed by atoms with Crippen LogP contribution in [-0.4, -0.2) is 29.1 Å². The van der Waals surface area contributed by atoms with E-state index in [1.807, 2.05) is 31.0 Å². The standard InChI is InChI=1S/C10H14BrNO2S/c1-3-8(10(13)14)12(2)6-7-4-5-9(11)15-7/h4-5,8H,3,6H2,1-2H3,(H,13,14). The molecule has 0 aliphatic heterocycles. The van der Waals surface area contributed by atoms with E-state index in [1.54, 1.807) is 11.3 Å². The minimum absolute atomic E-state index is 0.397. The normalized spacial score (nSPS) is 13.1. The Balaban J connectivity index is 2.61. The summed E-state index contributed by atoms with van der Waals surface area (Å²) in [5.74, 6) is -0.754. The van der Waals surface area contributed by atoms with Gasteiger partial charge >= 0.3 is 5.97 Å². The number of hydrogen-bond acceptors (Lipinski definition) is 3. The number of hydrogen-bond donors (Lipinski definition) is 1. The van der Waals surface area contributed by atoms with Gasteiger partial charge in [-0.2, -0.15) is 0 Å². The van der Waals surface area contributed by atoms with E-state index < -0.39 is 12.0 Å². The minimum Gasteiger partial charge on any atom is -0.480 e. The molecule has 84 valence electrons. The van der Waals surface area contributed by atoms with Crippen LogP contribution in [-0.2, 0) is 11.3 Å². The Morgan fingerprint density at radius 1 is 1.67 bits per heavy atom. The van der Waals surface area contributed by atoms with E-state index in [4.69, 9.17) is 5.11 Å². The van der Waals surface area contributed by atoms with Gasteiger partial charge in [0.2, 0.25) is 0 Å². The fourth-order valence-electron chi connectivity index (χ4n) is 1.47. The summed E-state index contributed by atoms with van der Waals surface area (Å²) in [6.45, 7) is 2.57. The van der Waals surface area contributed by atoms with Gasteiger partial charge in [-0.25, -0.2) is 0 Å². The van der Waals surface area contributed by atoms with Gasteiger partial charge in [-0.05, 0) is 41.5 Å². The highest BCUT2D eigenvalue weighted by Gasteiger charge is 2.20. The first-order chi connectivity index (χ1) is 7.04. The zero-order chi connectivity index (χ0) is 11.4. The summed E-state index contributed by atoms with van der Waals surface area (Å²) in [5, 5.41) is 8.98. The molecule has 0 fully saturated rings. The molecule has 5 heteroatoms. The molecular weight excluding hydrogens is 278 g/mol. The SMILES string of the molecule is CCC(C(=O)O)N(C)Cc1ccc(Br)s1. The van der Waals surface area contributed by atoms with E-state index in [9.17, 15) is 4.79 Å². The number of thiophene rings is 1. The molecule has 1 heterocycles. The van der Waals surface area contributed by atoms with Crippen LogP contribution in [0, 0.1) is 0 Å². The number of carboxylic acids is 1. The average Bonchev–Trinajstić information content (AvgIpc) is 2.51. The van der Waals surface area contributed by atoms with Gasteiger partial charge in [0.05, 0.1) is 3.79 Å². The number of nitrogens with zero attached hydrogens (tertiary/aromatic N) is 1. The second kappa shape index (κ2) is 5.63. The molecule has 0 saturated carbocycles. The number of aliphatic carboxylic acids is 1. The number of likely N-dealkylation sites (N-methyl/N-ethyl adjacent to an activating group) is 1. The van der Waals surface area contributed by atoms with Crippen molar-refractivity contribution in [2.45, 2.75) is 25.9 Å². The third kappa shape index (κ3) is 3.59. The van der Waals surface area contributed by atoms with Crippen molar-refractivity contribution in [3.8, 4) is 0 Å². The topological polar surface area (TPSA) is 40.5 Å². The van der Waals surface area contributed by atoms with Crippen LogP contribution < -0.4 is 0 Å². The summed E-state index contributed by atoms with van der Waals surface area (Å²) in [6, 6.07) is 3.60. The fraction of sp³-hybridized carbons (Fsp3) is 0.500. The molecule has 0 aliphatic carbocycles. The Labute approximate surface area is 102 Å². The van der Waals surface area contributed by atoms with Gasteiger partial charge < -0.3 is 5.11 Å². The lowest BCUT2D eigenvalue weighted by atomic mass is 10.2. The van der Waals surface area contributed by atoms with Crippen molar-refractivity contribution in [3.63, 3.8) is 0 Å². The molecule has 1 aromatic heterocycles. The quantitative estimate of drug-likeness (QED) is 0.907. The second-order valence-electron chi connectivity index (χ2n) is 3.38. The molecule has 0 aliphatic rings. The van der Waals surface area contributed by atoms with Gasteiger partial charge in [-0.3, -0.25) is 9.69 Å². The van der Waals surface area contributed by atoms with Crippen LogP contribution in [0.4, 0.5) is 0 Å². The molecule has 0 amide bonds. The number of rotatable bonds is 5. The molecule has 0 spiro atoms. The number of carbonyl (C=O) groups is 1. The third-order valence-corrected chi connectivity index (χ3v) is 3.85. The Morgan fingerprint density at radius 2 is 2.33 bits per heavy atom. The lowest BCUT2D eigenvalue weighted by Crippen LogP contribution is -2.37. The molecule has 1 rings (SSSR count). The Bertz CT molecular complexity index is 340. The van der Waals surface area contributed by atoms with Crippen molar-refractivity contribution in [1.29, 1.82) is 0 Å². The molecule has 1 atom stereocenters. The van der Waals surface area contributed by atoms with Crippen LogP contribution in [0.15, 0.2) is 15.9 Å².